The van der Waals surface area contributed by atoms with E-state index in [1.54, 1.807) is 0 Å². The average Bonchev–Trinajstić information content (AvgIpc) is 2.65. The molecule has 0 spiro atoms. The smallest absolute Gasteiger partial charge is 0.328 e. The first-order chi connectivity index (χ1) is 13.1. The number of hydrogen-bond acceptors (Lipinski definition) is 9. The molecule has 0 aromatic rings. The molecule has 14 nitrogen and oxygen atoms in total. The summed E-state index contributed by atoms with van der Waals surface area (Å²) in [5.74, 6) is -5.35. The van der Waals surface area contributed by atoms with Crippen molar-refractivity contribution in [2.24, 2.45) is 11.5 Å². The highest BCUT2D eigenvalue weighted by Crippen LogP contribution is 2.00. The second-order valence-corrected chi connectivity index (χ2v) is 5.68. The zero-order valence-electron chi connectivity index (χ0n) is 14.8. The van der Waals surface area contributed by atoms with E-state index >= 15 is 0 Å². The Morgan fingerprint density at radius 1 is 0.750 bits per heavy atom. The average molecular weight is 407 g/mol. The van der Waals surface area contributed by atoms with Crippen LogP contribution in [0.5, 0.6) is 0 Å². The van der Waals surface area contributed by atoms with E-state index in [1.165, 1.54) is 0 Å². The number of nitrogens with two attached hydrogens (primary N) is 2. The van der Waals surface area contributed by atoms with E-state index in [0.717, 1.165) is 0 Å². The molecule has 0 heterocycles. The largest absolute Gasteiger partial charge is 0.480 e. The standard InChI is InChI=1S/C14H25N5O9/c15-6(3-20)11(24)18-8(4-21)13(26)17-7(1-2-10(16)23)12(25)19-9(5-22)14(27)28/h6-9,20-22H,1-5,15H2,(H2,16,23)(H,17,26)(H,18,24)(H,19,25)(H,27,28). The summed E-state index contributed by atoms with van der Waals surface area (Å²) in [6, 6.07) is -6.00. The van der Waals surface area contributed by atoms with Gasteiger partial charge in [-0.05, 0) is 6.42 Å². The van der Waals surface area contributed by atoms with Crippen LogP contribution in [0.4, 0.5) is 0 Å². The fraction of sp³-hybridized carbons (Fsp3) is 0.643. The molecular formula is C14H25N5O9. The number of rotatable bonds is 13. The summed E-state index contributed by atoms with van der Waals surface area (Å²) >= 11 is 0. The number of carbonyl (C=O) groups excluding carboxylic acids is 4. The highest BCUT2D eigenvalue weighted by atomic mass is 16.4. The van der Waals surface area contributed by atoms with Gasteiger partial charge in [-0.2, -0.15) is 0 Å². The lowest BCUT2D eigenvalue weighted by molar-refractivity contribution is -0.143. The van der Waals surface area contributed by atoms with Crippen LogP contribution in [0.2, 0.25) is 0 Å². The van der Waals surface area contributed by atoms with Crippen molar-refractivity contribution >= 4 is 29.6 Å². The maximum atomic E-state index is 12.2. The van der Waals surface area contributed by atoms with Gasteiger partial charge in [0, 0.05) is 6.42 Å². The Balaban J connectivity index is 5.20. The van der Waals surface area contributed by atoms with Crippen molar-refractivity contribution in [1.82, 2.24) is 16.0 Å². The van der Waals surface area contributed by atoms with Crippen LogP contribution in [0, 0.1) is 0 Å². The van der Waals surface area contributed by atoms with Crippen LogP contribution in [0.3, 0.4) is 0 Å². The van der Waals surface area contributed by atoms with Crippen molar-refractivity contribution < 1.29 is 44.4 Å². The Kier molecular flexibility index (Phi) is 11.3. The molecule has 14 heteroatoms. The zero-order valence-corrected chi connectivity index (χ0v) is 14.8. The Morgan fingerprint density at radius 2 is 1.21 bits per heavy atom. The third-order valence-electron chi connectivity index (χ3n) is 3.46. The maximum Gasteiger partial charge on any atom is 0.328 e. The molecule has 0 aliphatic heterocycles. The Labute approximate surface area is 159 Å². The summed E-state index contributed by atoms with van der Waals surface area (Å²) in [5, 5.41) is 42.0. The van der Waals surface area contributed by atoms with Crippen LogP contribution in [0.25, 0.3) is 0 Å². The van der Waals surface area contributed by atoms with Gasteiger partial charge in [0.15, 0.2) is 0 Å². The Hall–Kier alpha value is -2.81. The zero-order chi connectivity index (χ0) is 21.9. The number of aliphatic hydroxyl groups excluding tert-OH is 3. The number of amides is 4. The van der Waals surface area contributed by atoms with E-state index in [9.17, 15) is 29.1 Å². The number of aliphatic hydroxyl groups is 3. The van der Waals surface area contributed by atoms with Gasteiger partial charge < -0.3 is 47.8 Å². The van der Waals surface area contributed by atoms with Crippen LogP contribution >= 0.6 is 0 Å². The number of carbonyl (C=O) groups is 5. The number of nitrogens with one attached hydrogen (secondary N) is 3. The van der Waals surface area contributed by atoms with Crippen LogP contribution in [0.1, 0.15) is 12.8 Å². The Bertz CT molecular complexity index is 586. The SMILES string of the molecule is NC(=O)CCC(NC(=O)C(CO)NC(=O)C(N)CO)C(=O)NC(CO)C(=O)O. The van der Waals surface area contributed by atoms with E-state index in [2.05, 4.69) is 10.6 Å². The minimum Gasteiger partial charge on any atom is -0.480 e. The van der Waals surface area contributed by atoms with Gasteiger partial charge in [-0.15, -0.1) is 0 Å². The lowest BCUT2D eigenvalue weighted by atomic mass is 10.1. The van der Waals surface area contributed by atoms with Gasteiger partial charge in [-0.3, -0.25) is 19.2 Å². The van der Waals surface area contributed by atoms with E-state index in [1.807, 2.05) is 5.32 Å². The molecule has 0 aliphatic rings. The first-order valence-electron chi connectivity index (χ1n) is 8.07. The number of carboxylic acids is 1. The molecular weight excluding hydrogens is 382 g/mol. The molecule has 0 radical (unpaired) electrons. The third kappa shape index (κ3) is 8.72. The molecule has 0 fully saturated rings. The second-order valence-electron chi connectivity index (χ2n) is 5.68. The molecule has 0 saturated heterocycles. The number of carboxylic acid groups (broad SMARTS) is 1. The van der Waals surface area contributed by atoms with Gasteiger partial charge in [0.25, 0.3) is 0 Å². The van der Waals surface area contributed by atoms with Crippen LogP contribution in [-0.4, -0.2) is 94.0 Å². The molecule has 160 valence electrons. The quantitative estimate of drug-likeness (QED) is 0.140. The van der Waals surface area contributed by atoms with E-state index in [4.69, 9.17) is 26.8 Å². The van der Waals surface area contributed by atoms with Crippen molar-refractivity contribution in [1.29, 1.82) is 0 Å². The Morgan fingerprint density at radius 3 is 1.64 bits per heavy atom. The first-order valence-corrected chi connectivity index (χ1v) is 8.07. The van der Waals surface area contributed by atoms with Gasteiger partial charge in [0.2, 0.25) is 23.6 Å². The van der Waals surface area contributed by atoms with Crippen LogP contribution in [0.15, 0.2) is 0 Å². The van der Waals surface area contributed by atoms with E-state index in [-0.39, 0.29) is 12.8 Å². The van der Waals surface area contributed by atoms with Gasteiger partial charge in [-0.1, -0.05) is 0 Å². The van der Waals surface area contributed by atoms with E-state index < -0.39 is 73.6 Å². The van der Waals surface area contributed by atoms with Gasteiger partial charge >= 0.3 is 5.97 Å². The summed E-state index contributed by atoms with van der Waals surface area (Å²) in [6.07, 6.45) is -0.659. The lowest BCUT2D eigenvalue weighted by Gasteiger charge is -2.23. The number of aliphatic carboxylic acids is 1. The van der Waals surface area contributed by atoms with Crippen LogP contribution in [-0.2, 0) is 24.0 Å². The van der Waals surface area contributed by atoms with Crippen molar-refractivity contribution in [3.8, 4) is 0 Å². The lowest BCUT2D eigenvalue weighted by Crippen LogP contribution is -2.58. The molecule has 0 aromatic heterocycles. The highest BCUT2D eigenvalue weighted by Gasteiger charge is 2.30. The van der Waals surface area contributed by atoms with Crippen molar-refractivity contribution in [2.75, 3.05) is 19.8 Å². The summed E-state index contributed by atoms with van der Waals surface area (Å²) in [7, 11) is 0. The topological polar surface area (TPSA) is 254 Å². The molecule has 0 saturated carbocycles. The molecule has 0 aliphatic carbocycles. The highest BCUT2D eigenvalue weighted by molar-refractivity contribution is 5.94. The predicted octanol–water partition coefficient (Wildman–Crippen LogP) is -5.90. The molecule has 0 rings (SSSR count). The fourth-order valence-electron chi connectivity index (χ4n) is 1.84. The van der Waals surface area contributed by atoms with E-state index in [0.29, 0.717) is 0 Å². The molecule has 0 aromatic carbocycles. The minimum atomic E-state index is -1.66. The molecule has 11 N–H and O–H groups in total. The maximum absolute atomic E-state index is 12.2. The molecule has 28 heavy (non-hydrogen) atoms. The molecule has 4 amide bonds. The van der Waals surface area contributed by atoms with Crippen molar-refractivity contribution in [2.45, 2.75) is 37.0 Å². The van der Waals surface area contributed by atoms with Gasteiger partial charge in [0.05, 0.1) is 19.8 Å². The van der Waals surface area contributed by atoms with Gasteiger partial charge in [0.1, 0.15) is 24.2 Å². The minimum absolute atomic E-state index is 0.313. The summed E-state index contributed by atoms with van der Waals surface area (Å²) in [4.78, 5) is 57.9. The normalized spacial score (nSPS) is 14.9. The van der Waals surface area contributed by atoms with Crippen molar-refractivity contribution in [3.63, 3.8) is 0 Å². The molecule has 0 bridgehead atoms. The number of hydrogen-bond donors (Lipinski definition) is 9. The van der Waals surface area contributed by atoms with Gasteiger partial charge in [-0.25, -0.2) is 4.79 Å². The second kappa shape index (κ2) is 12.6. The monoisotopic (exact) mass is 407 g/mol. The molecule has 4 atom stereocenters. The summed E-state index contributed by atoms with van der Waals surface area (Å²) in [5.41, 5.74) is 10.3. The summed E-state index contributed by atoms with van der Waals surface area (Å²) < 4.78 is 0. The third-order valence-corrected chi connectivity index (χ3v) is 3.46. The first kappa shape index (κ1) is 25.2. The fourth-order valence-corrected chi connectivity index (χ4v) is 1.84. The summed E-state index contributed by atoms with van der Waals surface area (Å²) in [6.45, 7) is -2.52. The molecule has 4 unspecified atom stereocenters. The number of primary amides is 1. The van der Waals surface area contributed by atoms with Crippen molar-refractivity contribution in [3.05, 3.63) is 0 Å². The van der Waals surface area contributed by atoms with Crippen LogP contribution < -0.4 is 27.4 Å². The predicted molar refractivity (Wildman–Crippen MR) is 91.1 cm³/mol.